The number of ether oxygens (including phenoxy) is 1. The summed E-state index contributed by atoms with van der Waals surface area (Å²) in [6, 6.07) is 5.35. The van der Waals surface area contributed by atoms with E-state index in [9.17, 15) is 9.59 Å². The molecule has 1 heterocycles. The SMILES string of the molecule is CCCCNC(=O)[C@@H](C)N[C@H](C)c1ccc2c(c1)NC(=O)CO2. The molecule has 0 aromatic heterocycles. The van der Waals surface area contributed by atoms with Gasteiger partial charge in [0.15, 0.2) is 6.61 Å². The lowest BCUT2D eigenvalue weighted by molar-refractivity contribution is -0.123. The Morgan fingerprint density at radius 3 is 2.91 bits per heavy atom. The van der Waals surface area contributed by atoms with E-state index < -0.39 is 0 Å². The summed E-state index contributed by atoms with van der Waals surface area (Å²) in [6.07, 6.45) is 2.04. The van der Waals surface area contributed by atoms with Crippen LogP contribution in [-0.4, -0.2) is 31.0 Å². The Morgan fingerprint density at radius 2 is 2.17 bits per heavy atom. The second-order valence-corrected chi connectivity index (χ2v) is 5.85. The van der Waals surface area contributed by atoms with E-state index in [1.807, 2.05) is 32.0 Å². The predicted molar refractivity (Wildman–Crippen MR) is 89.5 cm³/mol. The average Bonchev–Trinajstić information content (AvgIpc) is 2.54. The molecule has 0 radical (unpaired) electrons. The highest BCUT2D eigenvalue weighted by Gasteiger charge is 2.19. The second kappa shape index (κ2) is 7.97. The molecule has 126 valence electrons. The molecular formula is C17H25N3O3. The Balaban J connectivity index is 1.95. The Labute approximate surface area is 137 Å². The van der Waals surface area contributed by atoms with Crippen LogP contribution in [0.3, 0.4) is 0 Å². The van der Waals surface area contributed by atoms with Gasteiger partial charge >= 0.3 is 0 Å². The van der Waals surface area contributed by atoms with Crippen molar-refractivity contribution in [1.29, 1.82) is 0 Å². The van der Waals surface area contributed by atoms with Crippen LogP contribution < -0.4 is 20.7 Å². The van der Waals surface area contributed by atoms with Crippen LogP contribution in [0.25, 0.3) is 0 Å². The highest BCUT2D eigenvalue weighted by molar-refractivity contribution is 5.95. The van der Waals surface area contributed by atoms with Crippen LogP contribution in [0.1, 0.15) is 45.2 Å². The Morgan fingerprint density at radius 1 is 1.39 bits per heavy atom. The molecule has 1 aliphatic heterocycles. The van der Waals surface area contributed by atoms with Crippen LogP contribution in [0.2, 0.25) is 0 Å². The number of amides is 2. The molecular weight excluding hydrogens is 294 g/mol. The van der Waals surface area contributed by atoms with Gasteiger partial charge in [0.2, 0.25) is 5.91 Å². The summed E-state index contributed by atoms with van der Waals surface area (Å²) >= 11 is 0. The monoisotopic (exact) mass is 319 g/mol. The van der Waals surface area contributed by atoms with Crippen LogP contribution in [-0.2, 0) is 9.59 Å². The quantitative estimate of drug-likeness (QED) is 0.671. The number of carbonyl (C=O) groups is 2. The fourth-order valence-electron chi connectivity index (χ4n) is 2.46. The minimum Gasteiger partial charge on any atom is -0.482 e. The first-order valence-corrected chi connectivity index (χ1v) is 8.11. The number of hydrogen-bond acceptors (Lipinski definition) is 4. The summed E-state index contributed by atoms with van der Waals surface area (Å²) in [5, 5.41) is 8.99. The van der Waals surface area contributed by atoms with Gasteiger partial charge in [-0.25, -0.2) is 0 Å². The van der Waals surface area contributed by atoms with Gasteiger partial charge in [-0.1, -0.05) is 19.4 Å². The zero-order valence-electron chi connectivity index (χ0n) is 13.9. The molecule has 0 saturated heterocycles. The minimum absolute atomic E-state index is 0.0000962. The predicted octanol–water partition coefficient (Wildman–Crippen LogP) is 1.97. The first-order valence-electron chi connectivity index (χ1n) is 8.11. The number of benzene rings is 1. The molecule has 1 aromatic carbocycles. The third kappa shape index (κ3) is 4.69. The van der Waals surface area contributed by atoms with Crippen LogP contribution in [0.4, 0.5) is 5.69 Å². The van der Waals surface area contributed by atoms with Crippen LogP contribution in [0.15, 0.2) is 18.2 Å². The molecule has 0 aliphatic carbocycles. The van der Waals surface area contributed by atoms with Crippen molar-refractivity contribution in [3.63, 3.8) is 0 Å². The normalized spacial score (nSPS) is 15.9. The van der Waals surface area contributed by atoms with Crippen molar-refractivity contribution in [3.05, 3.63) is 23.8 Å². The lowest BCUT2D eigenvalue weighted by Crippen LogP contribution is -2.43. The van der Waals surface area contributed by atoms with Crippen LogP contribution >= 0.6 is 0 Å². The van der Waals surface area contributed by atoms with Gasteiger partial charge in [0.05, 0.1) is 11.7 Å². The summed E-state index contributed by atoms with van der Waals surface area (Å²) in [5.41, 5.74) is 1.66. The molecule has 23 heavy (non-hydrogen) atoms. The average molecular weight is 319 g/mol. The molecule has 6 nitrogen and oxygen atoms in total. The van der Waals surface area contributed by atoms with Crippen LogP contribution in [0, 0.1) is 0 Å². The lowest BCUT2D eigenvalue weighted by atomic mass is 10.1. The van der Waals surface area contributed by atoms with E-state index >= 15 is 0 Å². The van der Waals surface area contributed by atoms with E-state index in [0.717, 1.165) is 18.4 Å². The first-order chi connectivity index (χ1) is 11.0. The van der Waals surface area contributed by atoms with E-state index in [-0.39, 0.29) is 30.5 Å². The maximum absolute atomic E-state index is 12.0. The molecule has 1 aromatic rings. The van der Waals surface area contributed by atoms with Crippen molar-refractivity contribution >= 4 is 17.5 Å². The number of unbranched alkanes of at least 4 members (excludes halogenated alkanes) is 1. The van der Waals surface area contributed by atoms with Crippen molar-refractivity contribution in [2.75, 3.05) is 18.5 Å². The molecule has 6 heteroatoms. The van der Waals surface area contributed by atoms with Gasteiger partial charge in [-0.15, -0.1) is 0 Å². The van der Waals surface area contributed by atoms with E-state index in [1.54, 1.807) is 0 Å². The number of fused-ring (bicyclic) bond motifs is 1. The summed E-state index contributed by atoms with van der Waals surface area (Å²) in [7, 11) is 0. The minimum atomic E-state index is -0.288. The number of rotatable bonds is 7. The Kier molecular flexibility index (Phi) is 5.98. The maximum Gasteiger partial charge on any atom is 0.262 e. The number of hydrogen-bond donors (Lipinski definition) is 3. The number of carbonyl (C=O) groups excluding carboxylic acids is 2. The summed E-state index contributed by atoms with van der Waals surface area (Å²) in [6.45, 7) is 6.69. The smallest absolute Gasteiger partial charge is 0.262 e. The van der Waals surface area contributed by atoms with E-state index in [1.165, 1.54) is 0 Å². The number of nitrogens with one attached hydrogen (secondary N) is 3. The van der Waals surface area contributed by atoms with Crippen molar-refractivity contribution in [3.8, 4) is 5.75 Å². The zero-order valence-corrected chi connectivity index (χ0v) is 13.9. The molecule has 0 fully saturated rings. The molecule has 1 aliphatic rings. The Bertz CT molecular complexity index is 574. The van der Waals surface area contributed by atoms with Gasteiger partial charge < -0.3 is 15.4 Å². The van der Waals surface area contributed by atoms with Crippen LogP contribution in [0.5, 0.6) is 5.75 Å². The van der Waals surface area contributed by atoms with Crippen molar-refractivity contribution in [1.82, 2.24) is 10.6 Å². The summed E-state index contributed by atoms with van der Waals surface area (Å²) in [5.74, 6) is 0.518. The highest BCUT2D eigenvalue weighted by Crippen LogP contribution is 2.30. The van der Waals surface area contributed by atoms with Gasteiger partial charge in [-0.05, 0) is 38.0 Å². The van der Waals surface area contributed by atoms with Gasteiger partial charge in [0.1, 0.15) is 5.75 Å². The Hall–Kier alpha value is -2.08. The molecule has 2 rings (SSSR count). The summed E-state index contributed by atoms with van der Waals surface area (Å²) in [4.78, 5) is 23.4. The third-order valence-electron chi connectivity index (χ3n) is 3.86. The fraction of sp³-hybridized carbons (Fsp3) is 0.529. The molecule has 0 unspecified atom stereocenters. The molecule has 3 N–H and O–H groups in total. The van der Waals surface area contributed by atoms with Gasteiger partial charge in [0, 0.05) is 12.6 Å². The largest absolute Gasteiger partial charge is 0.482 e. The van der Waals surface area contributed by atoms with Crippen molar-refractivity contribution in [2.45, 2.75) is 45.7 Å². The van der Waals surface area contributed by atoms with Crippen molar-refractivity contribution < 1.29 is 14.3 Å². The summed E-state index contributed by atoms with van der Waals surface area (Å²) < 4.78 is 5.35. The van der Waals surface area contributed by atoms with Gasteiger partial charge in [-0.3, -0.25) is 14.9 Å². The maximum atomic E-state index is 12.0. The molecule has 0 bridgehead atoms. The number of anilines is 1. The standard InChI is InChI=1S/C17H25N3O3/c1-4-5-8-18-17(22)12(3)19-11(2)13-6-7-15-14(9-13)20-16(21)10-23-15/h6-7,9,11-12,19H,4-5,8,10H2,1-3H3,(H,18,22)(H,20,21)/t11-,12-/m1/s1. The molecule has 2 amide bonds. The zero-order chi connectivity index (χ0) is 16.8. The van der Waals surface area contributed by atoms with Gasteiger partial charge in [0.25, 0.3) is 5.91 Å². The highest BCUT2D eigenvalue weighted by atomic mass is 16.5. The first kappa shape index (κ1) is 17.3. The topological polar surface area (TPSA) is 79.5 Å². The molecule has 0 spiro atoms. The lowest BCUT2D eigenvalue weighted by Gasteiger charge is -2.23. The van der Waals surface area contributed by atoms with Gasteiger partial charge in [-0.2, -0.15) is 0 Å². The fourth-order valence-corrected chi connectivity index (χ4v) is 2.46. The third-order valence-corrected chi connectivity index (χ3v) is 3.86. The molecule has 0 saturated carbocycles. The van der Waals surface area contributed by atoms with E-state index in [0.29, 0.717) is 18.0 Å². The van der Waals surface area contributed by atoms with E-state index in [4.69, 9.17) is 4.74 Å². The van der Waals surface area contributed by atoms with Crippen molar-refractivity contribution in [2.24, 2.45) is 0 Å². The van der Waals surface area contributed by atoms with E-state index in [2.05, 4.69) is 22.9 Å². The molecule has 2 atom stereocenters. The second-order valence-electron chi connectivity index (χ2n) is 5.85.